The second kappa shape index (κ2) is 7.47. The highest BCUT2D eigenvalue weighted by Gasteiger charge is 2.32. The van der Waals surface area contributed by atoms with Crippen molar-refractivity contribution in [3.05, 3.63) is 24.2 Å². The summed E-state index contributed by atoms with van der Waals surface area (Å²) in [6.07, 6.45) is 2.24. The van der Waals surface area contributed by atoms with Gasteiger partial charge in [0.1, 0.15) is 6.04 Å². The minimum Gasteiger partial charge on any atom is -0.459 e. The number of carbonyl (C=O) groups is 2. The molecule has 2 heterocycles. The van der Waals surface area contributed by atoms with Gasteiger partial charge in [0.25, 0.3) is 5.91 Å². The smallest absolute Gasteiger partial charge is 0.287 e. The lowest BCUT2D eigenvalue weighted by molar-refractivity contribution is -0.133. The van der Waals surface area contributed by atoms with Crippen molar-refractivity contribution in [3.63, 3.8) is 0 Å². The molecular weight excluding hydrogens is 294 g/mol. The number of hydrogen-bond acceptors (Lipinski definition) is 4. The first-order valence-electron chi connectivity index (χ1n) is 6.87. The van der Waals surface area contributed by atoms with Gasteiger partial charge >= 0.3 is 0 Å². The number of carbonyl (C=O) groups excluding carboxylic acids is 2. The first kappa shape index (κ1) is 17.5. The molecule has 1 unspecified atom stereocenters. The maximum atomic E-state index is 12.5. The van der Waals surface area contributed by atoms with Crippen LogP contribution in [0.3, 0.4) is 0 Å². The maximum Gasteiger partial charge on any atom is 0.287 e. The van der Waals surface area contributed by atoms with Gasteiger partial charge in [-0.15, -0.1) is 12.4 Å². The van der Waals surface area contributed by atoms with Crippen molar-refractivity contribution in [2.75, 3.05) is 13.1 Å². The summed E-state index contributed by atoms with van der Waals surface area (Å²) >= 11 is 0. The lowest BCUT2D eigenvalue weighted by Gasteiger charge is -2.26. The zero-order valence-electron chi connectivity index (χ0n) is 12.2. The largest absolute Gasteiger partial charge is 0.459 e. The highest BCUT2D eigenvalue weighted by atomic mass is 35.5. The van der Waals surface area contributed by atoms with Gasteiger partial charge in [-0.05, 0) is 24.5 Å². The molecule has 1 saturated heterocycles. The zero-order chi connectivity index (χ0) is 14.7. The Bertz CT molecular complexity index is 476. The van der Waals surface area contributed by atoms with Crippen molar-refractivity contribution in [1.29, 1.82) is 0 Å². The van der Waals surface area contributed by atoms with Crippen LogP contribution in [0.4, 0.5) is 0 Å². The molecule has 1 fully saturated rings. The molecule has 0 radical (unpaired) electrons. The fraction of sp³-hybridized carbons (Fsp3) is 0.571. The van der Waals surface area contributed by atoms with Gasteiger partial charge < -0.3 is 20.4 Å². The van der Waals surface area contributed by atoms with Crippen molar-refractivity contribution in [3.8, 4) is 0 Å². The average Bonchev–Trinajstić information content (AvgIpc) is 3.05. The van der Waals surface area contributed by atoms with Gasteiger partial charge in [-0.3, -0.25) is 9.59 Å². The van der Waals surface area contributed by atoms with E-state index < -0.39 is 6.04 Å². The Kier molecular flexibility index (Phi) is 6.23. The predicted octanol–water partition coefficient (Wildman–Crippen LogP) is 1.02. The van der Waals surface area contributed by atoms with Crippen molar-refractivity contribution >= 4 is 24.2 Å². The zero-order valence-corrected chi connectivity index (χ0v) is 13.1. The van der Waals surface area contributed by atoms with Gasteiger partial charge in [0.2, 0.25) is 5.91 Å². The highest BCUT2D eigenvalue weighted by Crippen LogP contribution is 2.13. The molecule has 0 saturated carbocycles. The van der Waals surface area contributed by atoms with Crippen molar-refractivity contribution in [2.24, 2.45) is 11.7 Å². The molecule has 1 aromatic rings. The molecule has 1 aliphatic rings. The molecule has 3 N–H and O–H groups in total. The van der Waals surface area contributed by atoms with Gasteiger partial charge in [0.15, 0.2) is 5.76 Å². The van der Waals surface area contributed by atoms with Gasteiger partial charge in [-0.1, -0.05) is 13.8 Å². The van der Waals surface area contributed by atoms with Crippen LogP contribution in [-0.4, -0.2) is 41.9 Å². The monoisotopic (exact) mass is 315 g/mol. The number of nitrogens with one attached hydrogen (secondary N) is 1. The Labute approximate surface area is 130 Å². The van der Waals surface area contributed by atoms with E-state index in [0.717, 1.165) is 6.42 Å². The lowest BCUT2D eigenvalue weighted by Crippen LogP contribution is -2.51. The molecule has 7 heteroatoms. The summed E-state index contributed by atoms with van der Waals surface area (Å²) in [6, 6.07) is 2.69. The summed E-state index contributed by atoms with van der Waals surface area (Å²) in [4.78, 5) is 26.2. The summed E-state index contributed by atoms with van der Waals surface area (Å²) in [5.41, 5.74) is 5.82. The van der Waals surface area contributed by atoms with E-state index in [1.807, 2.05) is 13.8 Å². The third-order valence-corrected chi connectivity index (χ3v) is 3.50. The van der Waals surface area contributed by atoms with Crippen molar-refractivity contribution in [1.82, 2.24) is 10.2 Å². The van der Waals surface area contributed by atoms with Crippen LogP contribution in [0.2, 0.25) is 0 Å². The Morgan fingerprint density at radius 3 is 2.67 bits per heavy atom. The van der Waals surface area contributed by atoms with Crippen molar-refractivity contribution < 1.29 is 14.0 Å². The van der Waals surface area contributed by atoms with Crippen LogP contribution in [0.1, 0.15) is 30.8 Å². The number of likely N-dealkylation sites (tertiary alicyclic amines) is 1. The summed E-state index contributed by atoms with van der Waals surface area (Å²) in [5.74, 6) is -0.238. The number of furan rings is 1. The SMILES string of the molecule is CC(C)C(NC(=O)c1ccco1)C(=O)N1CC[C@@H](N)C1.Cl. The standard InChI is InChI=1S/C14H21N3O3.ClH/c1-9(2)12(14(19)17-6-5-10(15)8-17)16-13(18)11-4-3-7-20-11;/h3-4,7,9-10,12H,5-6,8,15H2,1-2H3,(H,16,18);1H/t10-,12?;/m1./s1. The van der Waals surface area contributed by atoms with E-state index in [9.17, 15) is 9.59 Å². The van der Waals surface area contributed by atoms with E-state index in [1.54, 1.807) is 17.0 Å². The van der Waals surface area contributed by atoms with Crippen LogP contribution >= 0.6 is 12.4 Å². The van der Waals surface area contributed by atoms with Crippen LogP contribution < -0.4 is 11.1 Å². The molecule has 0 bridgehead atoms. The highest BCUT2D eigenvalue weighted by molar-refractivity contribution is 5.95. The second-order valence-electron chi connectivity index (χ2n) is 5.51. The lowest BCUT2D eigenvalue weighted by atomic mass is 10.0. The van der Waals surface area contributed by atoms with Crippen LogP contribution in [0.5, 0.6) is 0 Å². The number of halogens is 1. The predicted molar refractivity (Wildman–Crippen MR) is 81.2 cm³/mol. The van der Waals surface area contributed by atoms with Crippen LogP contribution in [-0.2, 0) is 4.79 Å². The summed E-state index contributed by atoms with van der Waals surface area (Å²) in [6.45, 7) is 5.01. The molecule has 0 aliphatic carbocycles. The maximum absolute atomic E-state index is 12.5. The Hall–Kier alpha value is -1.53. The molecule has 2 rings (SSSR count). The van der Waals surface area contributed by atoms with E-state index in [-0.39, 0.29) is 41.9 Å². The van der Waals surface area contributed by atoms with Crippen LogP contribution in [0.15, 0.2) is 22.8 Å². The third-order valence-electron chi connectivity index (χ3n) is 3.50. The molecule has 2 amide bonds. The Balaban J connectivity index is 0.00000220. The van der Waals surface area contributed by atoms with Crippen LogP contribution in [0, 0.1) is 5.92 Å². The second-order valence-corrected chi connectivity index (χ2v) is 5.51. The van der Waals surface area contributed by atoms with E-state index in [0.29, 0.717) is 13.1 Å². The molecule has 1 aromatic heterocycles. The molecule has 6 nitrogen and oxygen atoms in total. The van der Waals surface area contributed by atoms with Gasteiger partial charge in [0, 0.05) is 19.1 Å². The third kappa shape index (κ3) is 4.22. The molecule has 0 aromatic carbocycles. The fourth-order valence-electron chi connectivity index (χ4n) is 2.32. The molecule has 1 aliphatic heterocycles. The minimum atomic E-state index is -0.558. The first-order chi connectivity index (χ1) is 9.49. The van der Waals surface area contributed by atoms with Gasteiger partial charge in [-0.2, -0.15) is 0 Å². The summed E-state index contributed by atoms with van der Waals surface area (Å²) in [7, 11) is 0. The number of nitrogens with two attached hydrogens (primary N) is 1. The molecule has 2 atom stereocenters. The van der Waals surface area contributed by atoms with Crippen LogP contribution in [0.25, 0.3) is 0 Å². The minimum absolute atomic E-state index is 0. The average molecular weight is 316 g/mol. The number of rotatable bonds is 4. The van der Waals surface area contributed by atoms with E-state index in [4.69, 9.17) is 10.2 Å². The molecule has 118 valence electrons. The number of amides is 2. The van der Waals surface area contributed by atoms with Gasteiger partial charge in [0.05, 0.1) is 6.26 Å². The quantitative estimate of drug-likeness (QED) is 0.868. The van der Waals surface area contributed by atoms with E-state index in [1.165, 1.54) is 6.26 Å². The molecular formula is C14H22ClN3O3. The summed E-state index contributed by atoms with van der Waals surface area (Å²) in [5, 5.41) is 2.75. The van der Waals surface area contributed by atoms with E-state index in [2.05, 4.69) is 5.32 Å². The molecule has 0 spiro atoms. The molecule has 21 heavy (non-hydrogen) atoms. The fourth-order valence-corrected chi connectivity index (χ4v) is 2.32. The van der Waals surface area contributed by atoms with Gasteiger partial charge in [-0.25, -0.2) is 0 Å². The topological polar surface area (TPSA) is 88.6 Å². The number of hydrogen-bond donors (Lipinski definition) is 2. The van der Waals surface area contributed by atoms with E-state index >= 15 is 0 Å². The first-order valence-corrected chi connectivity index (χ1v) is 6.87. The number of nitrogens with zero attached hydrogens (tertiary/aromatic N) is 1. The Morgan fingerprint density at radius 2 is 2.19 bits per heavy atom. The Morgan fingerprint density at radius 1 is 1.48 bits per heavy atom. The van der Waals surface area contributed by atoms with Crippen molar-refractivity contribution in [2.45, 2.75) is 32.4 Å². The normalized spacial score (nSPS) is 19.2. The summed E-state index contributed by atoms with van der Waals surface area (Å²) < 4.78 is 5.04.